The van der Waals surface area contributed by atoms with Crippen LogP contribution in [0.15, 0.2) is 176 Å². The molecule has 0 fully saturated rings. The molecule has 9 aromatic carbocycles. The maximum Gasteiger partial charge on any atom is 0.160 e. The van der Waals surface area contributed by atoms with Gasteiger partial charge in [-0.2, -0.15) is 0 Å². The highest BCUT2D eigenvalue weighted by Crippen LogP contribution is 2.44. The van der Waals surface area contributed by atoms with Gasteiger partial charge < -0.3 is 0 Å². The van der Waals surface area contributed by atoms with E-state index in [9.17, 15) is 0 Å². The number of nitrogens with zero attached hydrogens (tertiary/aromatic N) is 3. The lowest BCUT2D eigenvalue weighted by molar-refractivity contribution is 1.18. The molecule has 0 amide bonds. The molecule has 0 atom stereocenters. The van der Waals surface area contributed by atoms with E-state index in [2.05, 4.69) is 138 Å². The van der Waals surface area contributed by atoms with Crippen molar-refractivity contribution in [1.29, 1.82) is 0 Å². The molecule has 0 N–H and O–H groups in total. The minimum atomic E-state index is 0.690. The van der Waals surface area contributed by atoms with Crippen molar-refractivity contribution in [1.82, 2.24) is 15.0 Å². The maximum atomic E-state index is 5.12. The lowest BCUT2D eigenvalue weighted by Gasteiger charge is -2.17. The molecule has 0 saturated carbocycles. The summed E-state index contributed by atoms with van der Waals surface area (Å²) in [5, 5.41) is 15.4. The summed E-state index contributed by atoms with van der Waals surface area (Å²) in [5.41, 5.74) is 6.99. The van der Waals surface area contributed by atoms with Crippen molar-refractivity contribution in [2.45, 2.75) is 0 Å². The Balaban J connectivity index is 1.19. The van der Waals surface area contributed by atoms with E-state index in [4.69, 9.17) is 9.97 Å². The van der Waals surface area contributed by atoms with Gasteiger partial charge in [-0.25, -0.2) is 9.97 Å². The molecule has 240 valence electrons. The van der Waals surface area contributed by atoms with Crippen LogP contribution in [0, 0.1) is 0 Å². The molecule has 2 heterocycles. The minimum Gasteiger partial charge on any atom is -0.264 e. The van der Waals surface area contributed by atoms with E-state index < -0.39 is 0 Å². The predicted octanol–water partition coefficient (Wildman–Crippen LogP) is 12.9. The predicted molar refractivity (Wildman–Crippen MR) is 218 cm³/mol. The molecular weight excluding hydrogens is 631 g/mol. The summed E-state index contributed by atoms with van der Waals surface area (Å²) in [6.45, 7) is 0. The van der Waals surface area contributed by atoms with Gasteiger partial charge in [-0.1, -0.05) is 127 Å². The van der Waals surface area contributed by atoms with Gasteiger partial charge in [0.2, 0.25) is 0 Å². The van der Waals surface area contributed by atoms with Crippen LogP contribution in [0.25, 0.3) is 110 Å². The number of aromatic nitrogens is 3. The Labute approximate surface area is 299 Å². The quantitative estimate of drug-likeness (QED) is 0.177. The molecule has 3 nitrogen and oxygen atoms in total. The first-order valence-electron chi connectivity index (χ1n) is 17.7. The van der Waals surface area contributed by atoms with Crippen LogP contribution in [-0.2, 0) is 0 Å². The van der Waals surface area contributed by atoms with E-state index in [-0.39, 0.29) is 0 Å². The highest BCUT2D eigenvalue weighted by molar-refractivity contribution is 6.37. The van der Waals surface area contributed by atoms with Crippen molar-refractivity contribution in [3.8, 4) is 45.0 Å². The minimum absolute atomic E-state index is 0.690. The van der Waals surface area contributed by atoms with Crippen molar-refractivity contribution in [3.63, 3.8) is 0 Å². The number of fused-ring (bicyclic) bond motifs is 2. The lowest BCUT2D eigenvalue weighted by atomic mass is 9.86. The molecule has 11 aromatic rings. The first-order valence-corrected chi connectivity index (χ1v) is 17.7. The van der Waals surface area contributed by atoms with Gasteiger partial charge in [0.25, 0.3) is 0 Å². The number of hydrogen-bond acceptors (Lipinski definition) is 3. The zero-order valence-corrected chi connectivity index (χ0v) is 28.1. The third-order valence-electron chi connectivity index (χ3n) is 10.6. The van der Waals surface area contributed by atoms with Crippen molar-refractivity contribution < 1.29 is 0 Å². The smallest absolute Gasteiger partial charge is 0.160 e. The highest BCUT2D eigenvalue weighted by atomic mass is 14.9. The Kier molecular flexibility index (Phi) is 6.25. The number of benzene rings is 8. The van der Waals surface area contributed by atoms with Crippen molar-refractivity contribution in [3.05, 3.63) is 176 Å². The summed E-state index contributed by atoms with van der Waals surface area (Å²) in [7, 11) is 0. The molecule has 52 heavy (non-hydrogen) atoms. The summed E-state index contributed by atoms with van der Waals surface area (Å²) in [4.78, 5) is 14.5. The Morgan fingerprint density at radius 1 is 0.308 bits per heavy atom. The highest BCUT2D eigenvalue weighted by Gasteiger charge is 2.17. The molecule has 0 aliphatic rings. The summed E-state index contributed by atoms with van der Waals surface area (Å²) >= 11 is 0. The van der Waals surface area contributed by atoms with Gasteiger partial charge in [-0.15, -0.1) is 0 Å². The van der Waals surface area contributed by atoms with Crippen LogP contribution in [-0.4, -0.2) is 15.0 Å². The third kappa shape index (κ3) is 4.43. The molecule has 0 spiro atoms. The fourth-order valence-corrected chi connectivity index (χ4v) is 8.28. The molecule has 0 aliphatic carbocycles. The van der Waals surface area contributed by atoms with Crippen LogP contribution >= 0.6 is 0 Å². The summed E-state index contributed by atoms with van der Waals surface area (Å²) in [6.07, 6.45) is 3.65. The number of hydrogen-bond donors (Lipinski definition) is 0. The van der Waals surface area contributed by atoms with E-state index in [1.54, 1.807) is 6.20 Å². The standard InChI is InChI=1S/C49H29N3/c1-2-9-33(10-3-1)49-51-43(28-44(52-49)37-16-8-24-50-29-37)35-15-4-14-34(25-35)38-26-36-23-22-32-12-6-18-40-39-17-5-11-30-20-21-31-13-7-19-41(47(31)45(30)39)42(27-38)48(36)46(32)40/h1-29H. The van der Waals surface area contributed by atoms with Crippen molar-refractivity contribution in [2.75, 3.05) is 0 Å². The second-order valence-corrected chi connectivity index (χ2v) is 13.6. The zero-order chi connectivity index (χ0) is 34.2. The van der Waals surface area contributed by atoms with Crippen LogP contribution in [0.5, 0.6) is 0 Å². The second-order valence-electron chi connectivity index (χ2n) is 13.6. The van der Waals surface area contributed by atoms with Crippen LogP contribution in [0.4, 0.5) is 0 Å². The fourth-order valence-electron chi connectivity index (χ4n) is 8.28. The van der Waals surface area contributed by atoms with E-state index >= 15 is 0 Å². The molecule has 11 rings (SSSR count). The van der Waals surface area contributed by atoms with Gasteiger partial charge in [-0.05, 0) is 112 Å². The first-order chi connectivity index (χ1) is 25.8. The lowest BCUT2D eigenvalue weighted by Crippen LogP contribution is -1.96. The van der Waals surface area contributed by atoms with Gasteiger partial charge in [0.1, 0.15) is 0 Å². The SMILES string of the molecule is c1ccc(-c2nc(-c3cccnc3)cc(-c3cccc(-c4cc5ccc6cccc7c8cccc9ccc%10cccc(c(c4)c5c67)c%10c98)c3)n2)cc1. The van der Waals surface area contributed by atoms with E-state index in [1.807, 2.05) is 36.5 Å². The molecule has 0 saturated heterocycles. The molecule has 0 aliphatic heterocycles. The van der Waals surface area contributed by atoms with Crippen molar-refractivity contribution >= 4 is 64.6 Å². The van der Waals surface area contributed by atoms with Gasteiger partial charge in [0, 0.05) is 29.1 Å². The van der Waals surface area contributed by atoms with Crippen LogP contribution in [0.1, 0.15) is 0 Å². The Bertz CT molecular complexity index is 3100. The molecular formula is C49H29N3. The van der Waals surface area contributed by atoms with Crippen molar-refractivity contribution in [2.24, 2.45) is 0 Å². The van der Waals surface area contributed by atoms with Gasteiger partial charge in [0.15, 0.2) is 5.82 Å². The van der Waals surface area contributed by atoms with Gasteiger partial charge in [-0.3, -0.25) is 4.98 Å². The second kappa shape index (κ2) is 11.3. The number of rotatable bonds is 4. The van der Waals surface area contributed by atoms with E-state index in [1.165, 1.54) is 70.2 Å². The zero-order valence-electron chi connectivity index (χ0n) is 28.1. The normalized spacial score (nSPS) is 11.8. The average Bonchev–Trinajstić information content (AvgIpc) is 3.22. The number of pyridine rings is 1. The van der Waals surface area contributed by atoms with E-state index in [0.717, 1.165) is 33.6 Å². The Morgan fingerprint density at radius 2 is 0.846 bits per heavy atom. The fraction of sp³-hybridized carbons (Fsp3) is 0. The summed E-state index contributed by atoms with van der Waals surface area (Å²) in [6, 6.07) is 59.2. The first kappa shape index (κ1) is 28.8. The van der Waals surface area contributed by atoms with Crippen LogP contribution < -0.4 is 0 Å². The average molecular weight is 660 g/mol. The topological polar surface area (TPSA) is 38.7 Å². The van der Waals surface area contributed by atoms with E-state index in [0.29, 0.717) is 5.82 Å². The molecule has 0 radical (unpaired) electrons. The third-order valence-corrected chi connectivity index (χ3v) is 10.6. The van der Waals surface area contributed by atoms with Crippen LogP contribution in [0.2, 0.25) is 0 Å². The Morgan fingerprint density at radius 3 is 1.50 bits per heavy atom. The molecule has 3 heteroatoms. The maximum absolute atomic E-state index is 5.12. The summed E-state index contributed by atoms with van der Waals surface area (Å²) in [5.74, 6) is 0.690. The Hall–Kier alpha value is -6.97. The monoisotopic (exact) mass is 659 g/mol. The van der Waals surface area contributed by atoms with Crippen LogP contribution in [0.3, 0.4) is 0 Å². The molecule has 0 bridgehead atoms. The largest absolute Gasteiger partial charge is 0.264 e. The summed E-state index contributed by atoms with van der Waals surface area (Å²) < 4.78 is 0. The van der Waals surface area contributed by atoms with Gasteiger partial charge in [0.05, 0.1) is 11.4 Å². The van der Waals surface area contributed by atoms with Gasteiger partial charge >= 0.3 is 0 Å². The molecule has 0 unspecified atom stereocenters. The molecule has 2 aromatic heterocycles.